The van der Waals surface area contributed by atoms with E-state index in [0.29, 0.717) is 24.7 Å². The van der Waals surface area contributed by atoms with Crippen molar-refractivity contribution in [3.63, 3.8) is 0 Å². The number of carboxylic acids is 1. The van der Waals surface area contributed by atoms with Crippen molar-refractivity contribution in [2.24, 2.45) is 0 Å². The summed E-state index contributed by atoms with van der Waals surface area (Å²) in [5, 5.41) is 14.4. The Kier molecular flexibility index (Phi) is 6.11. The molecule has 2 unspecified atom stereocenters. The van der Waals surface area contributed by atoms with E-state index in [1.54, 1.807) is 41.7 Å². The molecule has 0 fully saturated rings. The SMILES string of the molecule is CC1(C(=O)NCCSC2c3ccccc3COc3ccc(C(=O)O)cc32)CC=CS1. The van der Waals surface area contributed by atoms with E-state index in [2.05, 4.69) is 11.4 Å². The molecule has 156 valence electrons. The topological polar surface area (TPSA) is 75.6 Å². The first kappa shape index (κ1) is 20.9. The van der Waals surface area contributed by atoms with Gasteiger partial charge in [-0.05, 0) is 48.1 Å². The van der Waals surface area contributed by atoms with Crippen molar-refractivity contribution < 1.29 is 19.4 Å². The van der Waals surface area contributed by atoms with Gasteiger partial charge in [0.2, 0.25) is 5.91 Å². The summed E-state index contributed by atoms with van der Waals surface area (Å²) in [6.45, 7) is 2.96. The number of amides is 1. The minimum absolute atomic E-state index is 0.0521. The van der Waals surface area contributed by atoms with Crippen molar-refractivity contribution in [2.45, 2.75) is 29.9 Å². The summed E-state index contributed by atoms with van der Waals surface area (Å²) >= 11 is 3.25. The van der Waals surface area contributed by atoms with E-state index in [9.17, 15) is 14.7 Å². The monoisotopic (exact) mass is 441 g/mol. The molecule has 5 nitrogen and oxygen atoms in total. The number of benzene rings is 2. The third-order valence-electron chi connectivity index (χ3n) is 5.34. The van der Waals surface area contributed by atoms with Gasteiger partial charge in [0, 0.05) is 17.9 Å². The Morgan fingerprint density at radius 2 is 2.10 bits per heavy atom. The highest BCUT2D eigenvalue weighted by Crippen LogP contribution is 2.44. The molecule has 30 heavy (non-hydrogen) atoms. The lowest BCUT2D eigenvalue weighted by atomic mass is 9.98. The van der Waals surface area contributed by atoms with Crippen LogP contribution in [0.5, 0.6) is 5.75 Å². The molecule has 2 aliphatic heterocycles. The van der Waals surface area contributed by atoms with Crippen LogP contribution in [0.3, 0.4) is 0 Å². The zero-order chi connectivity index (χ0) is 21.1. The normalized spacial score (nSPS) is 21.8. The molecule has 0 aromatic heterocycles. The van der Waals surface area contributed by atoms with Crippen molar-refractivity contribution in [1.82, 2.24) is 5.32 Å². The van der Waals surface area contributed by atoms with Gasteiger partial charge < -0.3 is 15.2 Å². The number of carboxylic acid groups (broad SMARTS) is 1. The predicted octanol–water partition coefficient (Wildman–Crippen LogP) is 4.63. The first-order valence-electron chi connectivity index (χ1n) is 9.78. The zero-order valence-electron chi connectivity index (χ0n) is 16.6. The van der Waals surface area contributed by atoms with Gasteiger partial charge in [-0.15, -0.1) is 23.5 Å². The number of rotatable bonds is 6. The highest BCUT2D eigenvalue weighted by Gasteiger charge is 2.34. The van der Waals surface area contributed by atoms with Gasteiger partial charge >= 0.3 is 5.97 Å². The molecule has 2 aromatic carbocycles. The van der Waals surface area contributed by atoms with E-state index in [1.807, 2.05) is 36.6 Å². The average Bonchev–Trinajstić information content (AvgIpc) is 3.13. The summed E-state index contributed by atoms with van der Waals surface area (Å²) in [5.74, 6) is 0.507. The highest BCUT2D eigenvalue weighted by molar-refractivity contribution is 8.04. The van der Waals surface area contributed by atoms with Gasteiger partial charge in [-0.3, -0.25) is 4.79 Å². The maximum Gasteiger partial charge on any atom is 0.335 e. The van der Waals surface area contributed by atoms with E-state index in [0.717, 1.165) is 23.1 Å². The molecule has 0 saturated heterocycles. The molecule has 4 rings (SSSR count). The molecule has 2 aromatic rings. The van der Waals surface area contributed by atoms with Crippen LogP contribution in [0.4, 0.5) is 0 Å². The van der Waals surface area contributed by atoms with Gasteiger partial charge in [0.05, 0.1) is 15.6 Å². The number of allylic oxidation sites excluding steroid dienone is 1. The van der Waals surface area contributed by atoms with Crippen LogP contribution in [0.15, 0.2) is 53.9 Å². The Hall–Kier alpha value is -2.38. The van der Waals surface area contributed by atoms with Gasteiger partial charge in [-0.25, -0.2) is 4.79 Å². The van der Waals surface area contributed by atoms with E-state index < -0.39 is 10.7 Å². The maximum atomic E-state index is 12.5. The smallest absolute Gasteiger partial charge is 0.335 e. The van der Waals surface area contributed by atoms with Crippen molar-refractivity contribution >= 4 is 35.4 Å². The molecule has 2 N–H and O–H groups in total. The summed E-state index contributed by atoms with van der Waals surface area (Å²) in [5.41, 5.74) is 3.32. The van der Waals surface area contributed by atoms with Crippen LogP contribution < -0.4 is 10.1 Å². The fourth-order valence-corrected chi connectivity index (χ4v) is 5.73. The van der Waals surface area contributed by atoms with Gasteiger partial charge in [0.25, 0.3) is 0 Å². The number of fused-ring (bicyclic) bond motifs is 2. The molecule has 0 radical (unpaired) electrons. The van der Waals surface area contributed by atoms with Crippen LogP contribution in [-0.4, -0.2) is 34.0 Å². The maximum absolute atomic E-state index is 12.5. The number of ether oxygens (including phenoxy) is 1. The molecule has 2 atom stereocenters. The molecule has 0 saturated carbocycles. The molecule has 2 heterocycles. The molecule has 0 aliphatic carbocycles. The molecule has 0 spiro atoms. The van der Waals surface area contributed by atoms with Gasteiger partial charge in [0.15, 0.2) is 0 Å². The van der Waals surface area contributed by atoms with E-state index in [-0.39, 0.29) is 16.7 Å². The van der Waals surface area contributed by atoms with Gasteiger partial charge in [-0.1, -0.05) is 30.3 Å². The van der Waals surface area contributed by atoms with Gasteiger partial charge in [-0.2, -0.15) is 0 Å². The standard InChI is InChI=1S/C23H23NO4S2/c1-23(9-4-11-30-23)22(27)24-10-12-29-20-17-6-3-2-5-16(17)14-28-19-8-7-15(21(25)26)13-18(19)20/h2-8,11,13,20H,9-10,12,14H2,1H3,(H,24,27)(H,25,26). The summed E-state index contributed by atoms with van der Waals surface area (Å²) < 4.78 is 5.56. The highest BCUT2D eigenvalue weighted by atomic mass is 32.2. The lowest BCUT2D eigenvalue weighted by Crippen LogP contribution is -2.41. The van der Waals surface area contributed by atoms with Crippen molar-refractivity contribution in [3.8, 4) is 5.75 Å². The minimum atomic E-state index is -0.956. The van der Waals surface area contributed by atoms with Crippen LogP contribution in [0.1, 0.15) is 45.6 Å². The molecular formula is C23H23NO4S2. The van der Waals surface area contributed by atoms with Crippen molar-refractivity contribution in [3.05, 3.63) is 76.2 Å². The number of carbonyl (C=O) groups excluding carboxylic acids is 1. The van der Waals surface area contributed by atoms with E-state index in [4.69, 9.17) is 4.74 Å². The lowest BCUT2D eigenvalue weighted by Gasteiger charge is -2.22. The number of aromatic carboxylic acids is 1. The zero-order valence-corrected chi connectivity index (χ0v) is 18.2. The first-order chi connectivity index (χ1) is 14.5. The summed E-state index contributed by atoms with van der Waals surface area (Å²) in [7, 11) is 0. The quantitative estimate of drug-likeness (QED) is 0.637. The van der Waals surface area contributed by atoms with Crippen LogP contribution in [-0.2, 0) is 11.4 Å². The lowest BCUT2D eigenvalue weighted by molar-refractivity contribution is -0.122. The summed E-state index contributed by atoms with van der Waals surface area (Å²) in [6, 6.07) is 13.1. The van der Waals surface area contributed by atoms with Crippen LogP contribution in [0.2, 0.25) is 0 Å². The Balaban J connectivity index is 1.52. The largest absolute Gasteiger partial charge is 0.489 e. The second-order valence-corrected chi connectivity index (χ2v) is 10.1. The summed E-state index contributed by atoms with van der Waals surface area (Å²) in [6.07, 6.45) is 2.77. The number of carbonyl (C=O) groups is 2. The second-order valence-electron chi connectivity index (χ2n) is 7.48. The molecular weight excluding hydrogens is 418 g/mol. The molecule has 1 amide bonds. The number of hydrogen-bond acceptors (Lipinski definition) is 5. The fourth-order valence-electron chi connectivity index (χ4n) is 3.64. The molecule has 2 aliphatic rings. The minimum Gasteiger partial charge on any atom is -0.489 e. The average molecular weight is 442 g/mol. The Morgan fingerprint density at radius 3 is 2.87 bits per heavy atom. The first-order valence-corrected chi connectivity index (χ1v) is 11.7. The Bertz CT molecular complexity index is 996. The van der Waals surface area contributed by atoms with Crippen LogP contribution in [0, 0.1) is 0 Å². The predicted molar refractivity (Wildman–Crippen MR) is 121 cm³/mol. The number of thioether (sulfide) groups is 2. The van der Waals surface area contributed by atoms with E-state index >= 15 is 0 Å². The number of hydrogen-bond donors (Lipinski definition) is 2. The Morgan fingerprint density at radius 1 is 1.27 bits per heavy atom. The van der Waals surface area contributed by atoms with Crippen molar-refractivity contribution in [1.29, 1.82) is 0 Å². The van der Waals surface area contributed by atoms with Crippen LogP contribution >= 0.6 is 23.5 Å². The van der Waals surface area contributed by atoms with Crippen molar-refractivity contribution in [2.75, 3.05) is 12.3 Å². The van der Waals surface area contributed by atoms with Gasteiger partial charge in [0.1, 0.15) is 12.4 Å². The Labute approximate surface area is 184 Å². The third-order valence-corrected chi connectivity index (χ3v) is 7.83. The second kappa shape index (κ2) is 8.78. The molecule has 7 heteroatoms. The number of nitrogens with one attached hydrogen (secondary N) is 1. The summed E-state index contributed by atoms with van der Waals surface area (Å²) in [4.78, 5) is 24.0. The van der Waals surface area contributed by atoms with E-state index in [1.165, 1.54) is 0 Å². The van der Waals surface area contributed by atoms with Crippen LogP contribution in [0.25, 0.3) is 0 Å². The third kappa shape index (κ3) is 4.23. The molecule has 0 bridgehead atoms. The fraction of sp³-hybridized carbons (Fsp3) is 0.304.